The highest BCUT2D eigenvalue weighted by atomic mass is 32.1. The van der Waals surface area contributed by atoms with Crippen LogP contribution in [0.3, 0.4) is 0 Å². The normalized spacial score (nSPS) is 11.2. The molecule has 136 valence electrons. The lowest BCUT2D eigenvalue weighted by Gasteiger charge is -2.12. The number of aromatic nitrogens is 2. The van der Waals surface area contributed by atoms with Gasteiger partial charge in [-0.3, -0.25) is 19.5 Å². The van der Waals surface area contributed by atoms with E-state index in [1.165, 1.54) is 23.5 Å². The van der Waals surface area contributed by atoms with Gasteiger partial charge in [-0.05, 0) is 18.1 Å². The number of aryl methyl sites for hydroxylation is 1. The van der Waals surface area contributed by atoms with E-state index in [9.17, 15) is 14.9 Å². The first-order valence-corrected chi connectivity index (χ1v) is 9.09. The molecule has 1 aromatic carbocycles. The summed E-state index contributed by atoms with van der Waals surface area (Å²) in [6, 6.07) is 8.23. The molecule has 0 fully saturated rings. The van der Waals surface area contributed by atoms with Gasteiger partial charge in [0.1, 0.15) is 10.7 Å². The van der Waals surface area contributed by atoms with E-state index in [-0.39, 0.29) is 11.2 Å². The zero-order valence-electron chi connectivity index (χ0n) is 14.6. The largest absolute Gasteiger partial charge is 0.383 e. The highest BCUT2D eigenvalue weighted by molar-refractivity contribution is 7.18. The van der Waals surface area contributed by atoms with E-state index in [1.54, 1.807) is 23.8 Å². The summed E-state index contributed by atoms with van der Waals surface area (Å²) in [5.74, 6) is 0.637. The number of nitro groups is 1. The molecule has 2 heterocycles. The predicted octanol–water partition coefficient (Wildman–Crippen LogP) is 3.17. The summed E-state index contributed by atoms with van der Waals surface area (Å²) in [6.45, 7) is 2.87. The van der Waals surface area contributed by atoms with Crippen LogP contribution in [0.5, 0.6) is 0 Å². The van der Waals surface area contributed by atoms with Crippen molar-refractivity contribution in [1.82, 2.24) is 9.55 Å². The number of fused-ring (bicyclic) bond motifs is 1. The molecule has 0 bridgehead atoms. The average Bonchev–Trinajstić information content (AvgIpc) is 3.05. The van der Waals surface area contributed by atoms with Crippen molar-refractivity contribution in [3.05, 3.63) is 67.1 Å². The van der Waals surface area contributed by atoms with E-state index in [0.29, 0.717) is 30.8 Å². The molecule has 7 nitrogen and oxygen atoms in total. The highest BCUT2D eigenvalue weighted by Gasteiger charge is 2.15. The summed E-state index contributed by atoms with van der Waals surface area (Å²) in [7, 11) is 1.59. The number of non-ortho nitro benzene ring substituents is 1. The molecule has 0 spiro atoms. The van der Waals surface area contributed by atoms with Gasteiger partial charge < -0.3 is 4.74 Å². The Hall–Kier alpha value is -2.58. The SMILES string of the molecule is CCc1cc2c(=O)n(CCOC)c(Cc3ccc([N+](=O)[O-])cc3)nc2s1. The number of rotatable bonds is 7. The molecule has 0 aliphatic rings. The summed E-state index contributed by atoms with van der Waals surface area (Å²) < 4.78 is 6.76. The van der Waals surface area contributed by atoms with Crippen LogP contribution in [0.25, 0.3) is 10.2 Å². The third kappa shape index (κ3) is 3.66. The lowest BCUT2D eigenvalue weighted by Crippen LogP contribution is -2.26. The minimum atomic E-state index is -0.430. The van der Waals surface area contributed by atoms with E-state index in [0.717, 1.165) is 21.7 Å². The molecule has 26 heavy (non-hydrogen) atoms. The maximum atomic E-state index is 12.9. The molecule has 0 atom stereocenters. The Morgan fingerprint density at radius 3 is 2.65 bits per heavy atom. The molecule has 3 aromatic rings. The predicted molar refractivity (Wildman–Crippen MR) is 101 cm³/mol. The molecule has 0 aliphatic carbocycles. The van der Waals surface area contributed by atoms with Gasteiger partial charge in [0.05, 0.1) is 23.5 Å². The minimum absolute atomic E-state index is 0.0415. The minimum Gasteiger partial charge on any atom is -0.383 e. The van der Waals surface area contributed by atoms with Crippen LogP contribution in [-0.2, 0) is 24.1 Å². The van der Waals surface area contributed by atoms with Crippen molar-refractivity contribution >= 4 is 27.2 Å². The maximum absolute atomic E-state index is 12.9. The Morgan fingerprint density at radius 2 is 2.04 bits per heavy atom. The average molecular weight is 373 g/mol. The van der Waals surface area contributed by atoms with Crippen LogP contribution in [0.15, 0.2) is 35.1 Å². The van der Waals surface area contributed by atoms with Crippen molar-refractivity contribution in [2.75, 3.05) is 13.7 Å². The van der Waals surface area contributed by atoms with Gasteiger partial charge in [-0.15, -0.1) is 11.3 Å². The molecule has 3 rings (SSSR count). The van der Waals surface area contributed by atoms with Gasteiger partial charge in [0, 0.05) is 30.5 Å². The van der Waals surface area contributed by atoms with Crippen LogP contribution in [0.1, 0.15) is 23.2 Å². The fourth-order valence-corrected chi connectivity index (χ4v) is 3.72. The summed E-state index contributed by atoms with van der Waals surface area (Å²) in [5, 5.41) is 11.4. The van der Waals surface area contributed by atoms with Crippen molar-refractivity contribution in [3.8, 4) is 0 Å². The number of nitro benzene ring substituents is 1. The Morgan fingerprint density at radius 1 is 1.31 bits per heavy atom. The van der Waals surface area contributed by atoms with Gasteiger partial charge >= 0.3 is 0 Å². The van der Waals surface area contributed by atoms with Gasteiger partial charge in [-0.2, -0.15) is 0 Å². The topological polar surface area (TPSA) is 87.3 Å². The van der Waals surface area contributed by atoms with Gasteiger partial charge in [0.15, 0.2) is 0 Å². The van der Waals surface area contributed by atoms with Crippen molar-refractivity contribution in [2.45, 2.75) is 26.3 Å². The Kier molecular flexibility index (Phi) is 5.43. The zero-order valence-corrected chi connectivity index (χ0v) is 15.4. The second kappa shape index (κ2) is 7.76. The highest BCUT2D eigenvalue weighted by Crippen LogP contribution is 2.23. The van der Waals surface area contributed by atoms with Crippen LogP contribution in [-0.4, -0.2) is 28.2 Å². The smallest absolute Gasteiger partial charge is 0.269 e. The summed E-state index contributed by atoms with van der Waals surface area (Å²) >= 11 is 1.53. The Labute approximate surface area is 154 Å². The fourth-order valence-electron chi connectivity index (χ4n) is 2.75. The molecular weight excluding hydrogens is 354 g/mol. The van der Waals surface area contributed by atoms with Gasteiger partial charge in [-0.1, -0.05) is 19.1 Å². The monoisotopic (exact) mass is 373 g/mol. The molecule has 0 N–H and O–H groups in total. The molecule has 0 saturated heterocycles. The van der Waals surface area contributed by atoms with E-state index in [2.05, 4.69) is 0 Å². The third-order valence-corrected chi connectivity index (χ3v) is 5.33. The standard InChI is InChI=1S/C18H19N3O4S/c1-3-14-11-15-17(26-14)19-16(20(18(15)22)8-9-25-2)10-12-4-6-13(7-5-12)21(23)24/h4-7,11H,3,8-10H2,1-2H3. The fraction of sp³-hybridized carbons (Fsp3) is 0.333. The molecule has 8 heteroatoms. The number of nitrogens with zero attached hydrogens (tertiary/aromatic N) is 3. The van der Waals surface area contributed by atoms with Gasteiger partial charge in [-0.25, -0.2) is 4.98 Å². The first-order chi connectivity index (χ1) is 12.5. The quantitative estimate of drug-likeness (QED) is 0.469. The molecular formula is C18H19N3O4S. The van der Waals surface area contributed by atoms with Crippen molar-refractivity contribution in [3.63, 3.8) is 0 Å². The second-order valence-corrected chi connectivity index (χ2v) is 6.98. The van der Waals surface area contributed by atoms with Crippen molar-refractivity contribution in [1.29, 1.82) is 0 Å². The number of hydrogen-bond acceptors (Lipinski definition) is 6. The van der Waals surface area contributed by atoms with E-state index in [4.69, 9.17) is 9.72 Å². The maximum Gasteiger partial charge on any atom is 0.269 e. The number of benzene rings is 1. The van der Waals surface area contributed by atoms with E-state index in [1.807, 2.05) is 13.0 Å². The van der Waals surface area contributed by atoms with Crippen molar-refractivity contribution in [2.24, 2.45) is 0 Å². The summed E-state index contributed by atoms with van der Waals surface area (Å²) in [5.41, 5.74) is 0.833. The van der Waals surface area contributed by atoms with E-state index >= 15 is 0 Å². The van der Waals surface area contributed by atoms with Crippen LogP contribution in [0, 0.1) is 10.1 Å². The van der Waals surface area contributed by atoms with Crippen LogP contribution >= 0.6 is 11.3 Å². The lowest BCUT2D eigenvalue weighted by atomic mass is 10.1. The van der Waals surface area contributed by atoms with Crippen LogP contribution < -0.4 is 5.56 Å². The number of thiophene rings is 1. The lowest BCUT2D eigenvalue weighted by molar-refractivity contribution is -0.384. The second-order valence-electron chi connectivity index (χ2n) is 5.86. The number of methoxy groups -OCH3 is 1. The summed E-state index contributed by atoms with van der Waals surface area (Å²) in [6.07, 6.45) is 1.28. The zero-order chi connectivity index (χ0) is 18.7. The third-order valence-electron chi connectivity index (χ3n) is 4.16. The summed E-state index contributed by atoms with van der Waals surface area (Å²) in [4.78, 5) is 29.8. The molecule has 0 amide bonds. The van der Waals surface area contributed by atoms with Crippen molar-refractivity contribution < 1.29 is 9.66 Å². The van der Waals surface area contributed by atoms with Gasteiger partial charge in [0.2, 0.25) is 0 Å². The first-order valence-electron chi connectivity index (χ1n) is 8.28. The Balaban J connectivity index is 2.04. The van der Waals surface area contributed by atoms with Crippen LogP contribution in [0.2, 0.25) is 0 Å². The Bertz CT molecular complexity index is 992. The molecule has 2 aromatic heterocycles. The van der Waals surface area contributed by atoms with E-state index < -0.39 is 4.92 Å². The molecule has 0 saturated carbocycles. The molecule has 0 unspecified atom stereocenters. The number of ether oxygens (including phenoxy) is 1. The molecule has 0 radical (unpaired) electrons. The molecule has 0 aliphatic heterocycles. The van der Waals surface area contributed by atoms with Gasteiger partial charge in [0.25, 0.3) is 11.2 Å². The first kappa shape index (κ1) is 18.2. The van der Waals surface area contributed by atoms with Crippen LogP contribution in [0.4, 0.5) is 5.69 Å². The number of hydrogen-bond donors (Lipinski definition) is 0.